The molecule has 0 radical (unpaired) electrons. The van der Waals surface area contributed by atoms with Gasteiger partial charge in [-0.15, -0.1) is 20.4 Å². The maximum absolute atomic E-state index is 12.7. The lowest BCUT2D eigenvalue weighted by Gasteiger charge is -2.25. The molecular weight excluding hydrogens is 645 g/mol. The van der Waals surface area contributed by atoms with Crippen LogP contribution in [0.1, 0.15) is 58.9 Å². The lowest BCUT2D eigenvalue weighted by molar-refractivity contribution is -0.115. The van der Waals surface area contributed by atoms with E-state index in [1.165, 1.54) is 11.3 Å². The van der Waals surface area contributed by atoms with Crippen molar-refractivity contribution >= 4 is 38.8 Å². The average Bonchev–Trinajstić information content (AvgIpc) is 3.75. The van der Waals surface area contributed by atoms with Crippen LogP contribution in [0.25, 0.3) is 0 Å². The molecule has 0 aliphatic heterocycles. The Hall–Kier alpha value is -3.83. The second-order valence-electron chi connectivity index (χ2n) is 10.9. The minimum atomic E-state index is -0.333. The summed E-state index contributed by atoms with van der Waals surface area (Å²) in [5.74, 6) is 1.66. The SMILES string of the molecule is COCCOc1ccnc(CC(=O)Nc2nnc([C@H]3CCC[C@H](c4nnc(NC(Cc5cc(OCCOC)ccn5)OC)s4)C3)s2)c1. The molecule has 1 aliphatic carbocycles. The monoisotopic (exact) mass is 684 g/mol. The summed E-state index contributed by atoms with van der Waals surface area (Å²) >= 11 is 2.97. The number of anilines is 2. The maximum atomic E-state index is 12.7. The first-order valence-corrected chi connectivity index (χ1v) is 17.1. The van der Waals surface area contributed by atoms with E-state index in [0.29, 0.717) is 54.6 Å². The molecule has 4 heterocycles. The largest absolute Gasteiger partial charge is 0.491 e. The van der Waals surface area contributed by atoms with E-state index in [9.17, 15) is 4.79 Å². The fraction of sp³-hybridized carbons (Fsp3) is 0.516. The summed E-state index contributed by atoms with van der Waals surface area (Å²) in [5, 5.41) is 26.9. The van der Waals surface area contributed by atoms with Gasteiger partial charge in [0.05, 0.1) is 25.3 Å². The molecule has 4 aromatic rings. The van der Waals surface area contributed by atoms with Gasteiger partial charge < -0.3 is 34.3 Å². The second kappa shape index (κ2) is 17.9. The average molecular weight is 685 g/mol. The summed E-state index contributed by atoms with van der Waals surface area (Å²) in [5.41, 5.74) is 1.44. The molecule has 0 saturated heterocycles. The van der Waals surface area contributed by atoms with Crippen molar-refractivity contribution in [3.63, 3.8) is 0 Å². The van der Waals surface area contributed by atoms with E-state index in [4.69, 9.17) is 23.7 Å². The Labute approximate surface area is 281 Å². The Morgan fingerprint density at radius 2 is 1.43 bits per heavy atom. The van der Waals surface area contributed by atoms with Crippen LogP contribution in [0, 0.1) is 0 Å². The van der Waals surface area contributed by atoms with Gasteiger partial charge >= 0.3 is 0 Å². The minimum absolute atomic E-state index is 0.103. The molecule has 1 unspecified atom stereocenters. The van der Waals surface area contributed by atoms with Gasteiger partial charge in [-0.05, 0) is 31.4 Å². The van der Waals surface area contributed by atoms with E-state index in [0.717, 1.165) is 47.1 Å². The Morgan fingerprint density at radius 3 is 2.06 bits per heavy atom. The van der Waals surface area contributed by atoms with E-state index < -0.39 is 0 Å². The van der Waals surface area contributed by atoms with Crippen LogP contribution < -0.4 is 20.1 Å². The fourth-order valence-electron chi connectivity index (χ4n) is 5.18. The van der Waals surface area contributed by atoms with Crippen molar-refractivity contribution < 1.29 is 28.5 Å². The molecular formula is C31H40N8O6S2. The number of nitrogens with zero attached hydrogens (tertiary/aromatic N) is 6. The molecule has 252 valence electrons. The highest BCUT2D eigenvalue weighted by Crippen LogP contribution is 2.43. The smallest absolute Gasteiger partial charge is 0.232 e. The molecule has 0 bridgehead atoms. The third kappa shape index (κ3) is 10.6. The molecule has 1 aliphatic rings. The van der Waals surface area contributed by atoms with Gasteiger partial charge in [0, 0.05) is 69.8 Å². The number of hydrogen-bond acceptors (Lipinski definition) is 15. The number of carbonyl (C=O) groups excluding carboxylic acids is 1. The Bertz CT molecular complexity index is 1560. The Balaban J connectivity index is 1.12. The van der Waals surface area contributed by atoms with Crippen molar-refractivity contribution in [1.82, 2.24) is 30.4 Å². The number of methoxy groups -OCH3 is 3. The quantitative estimate of drug-likeness (QED) is 0.111. The maximum Gasteiger partial charge on any atom is 0.232 e. The Kier molecular flexibility index (Phi) is 13.1. The van der Waals surface area contributed by atoms with Crippen LogP contribution in [-0.2, 0) is 31.8 Å². The molecule has 0 aromatic carbocycles. The van der Waals surface area contributed by atoms with Gasteiger partial charge in [0.2, 0.25) is 16.2 Å². The first-order valence-electron chi connectivity index (χ1n) is 15.4. The van der Waals surface area contributed by atoms with Gasteiger partial charge in [-0.2, -0.15) is 0 Å². The molecule has 47 heavy (non-hydrogen) atoms. The number of pyridine rings is 2. The van der Waals surface area contributed by atoms with E-state index in [-0.39, 0.29) is 30.4 Å². The fourth-order valence-corrected chi connectivity index (χ4v) is 7.02. The van der Waals surface area contributed by atoms with Crippen molar-refractivity contribution in [2.24, 2.45) is 0 Å². The predicted molar refractivity (Wildman–Crippen MR) is 177 cm³/mol. The molecule has 0 spiro atoms. The van der Waals surface area contributed by atoms with Gasteiger partial charge in [-0.25, -0.2) is 0 Å². The van der Waals surface area contributed by atoms with Crippen molar-refractivity contribution in [3.05, 3.63) is 58.1 Å². The zero-order valence-corrected chi connectivity index (χ0v) is 28.3. The van der Waals surface area contributed by atoms with Crippen LogP contribution in [-0.4, -0.2) is 90.3 Å². The summed E-state index contributed by atoms with van der Waals surface area (Å²) < 4.78 is 27.1. The molecule has 5 rings (SSSR count). The van der Waals surface area contributed by atoms with Crippen molar-refractivity contribution in [1.29, 1.82) is 0 Å². The summed E-state index contributed by atoms with van der Waals surface area (Å²) in [6, 6.07) is 7.23. The number of nitrogens with one attached hydrogen (secondary N) is 2. The van der Waals surface area contributed by atoms with Gasteiger partial charge in [-0.3, -0.25) is 14.8 Å². The standard InChI is InChI=1S/C31H40N8O6S2/c1-41-11-13-44-24-7-9-32-22(16-24)18-26(40)34-30-38-36-28(46-30)20-5-4-6-21(15-20)29-37-39-31(47-29)35-27(43-3)19-23-17-25(8-10-33-23)45-14-12-42-2/h7-10,16-17,20-21,27H,4-6,11-15,18-19H2,1-3H3,(H,35,39)(H,34,38,40)/t20-,21-,27?/m0/s1. The van der Waals surface area contributed by atoms with Gasteiger partial charge in [0.25, 0.3) is 0 Å². The number of amides is 1. The molecule has 2 N–H and O–H groups in total. The molecule has 3 atom stereocenters. The highest BCUT2D eigenvalue weighted by atomic mass is 32.1. The van der Waals surface area contributed by atoms with Crippen LogP contribution in [0.2, 0.25) is 0 Å². The predicted octanol–water partition coefficient (Wildman–Crippen LogP) is 4.48. The number of aromatic nitrogens is 6. The lowest BCUT2D eigenvalue weighted by Crippen LogP contribution is -2.24. The summed E-state index contributed by atoms with van der Waals surface area (Å²) in [6.07, 6.45) is 7.62. The van der Waals surface area contributed by atoms with Crippen LogP contribution in [0.5, 0.6) is 11.5 Å². The second-order valence-corrected chi connectivity index (χ2v) is 12.9. The summed E-state index contributed by atoms with van der Waals surface area (Å²) in [6.45, 7) is 1.89. The number of carbonyl (C=O) groups is 1. The van der Waals surface area contributed by atoms with Crippen LogP contribution in [0.3, 0.4) is 0 Å². The highest BCUT2D eigenvalue weighted by Gasteiger charge is 2.29. The Morgan fingerprint density at radius 1 is 0.830 bits per heavy atom. The number of hydrogen-bond donors (Lipinski definition) is 2. The first-order chi connectivity index (χ1) is 23.0. The minimum Gasteiger partial charge on any atom is -0.491 e. The molecule has 1 saturated carbocycles. The van der Waals surface area contributed by atoms with Crippen LogP contribution in [0.4, 0.5) is 10.3 Å². The number of rotatable bonds is 18. The molecule has 4 aromatic heterocycles. The normalized spacial score (nSPS) is 16.8. The first kappa shape index (κ1) is 34.5. The number of ether oxygens (including phenoxy) is 5. The third-order valence-electron chi connectivity index (χ3n) is 7.49. The zero-order valence-electron chi connectivity index (χ0n) is 26.7. The third-order valence-corrected chi connectivity index (χ3v) is 9.51. The van der Waals surface area contributed by atoms with Crippen molar-refractivity contribution in [2.45, 2.75) is 56.6 Å². The van der Waals surface area contributed by atoms with Crippen LogP contribution in [0.15, 0.2) is 36.7 Å². The lowest BCUT2D eigenvalue weighted by atomic mass is 9.82. The van der Waals surface area contributed by atoms with E-state index in [1.54, 1.807) is 57.2 Å². The molecule has 1 fully saturated rings. The summed E-state index contributed by atoms with van der Waals surface area (Å²) in [7, 11) is 4.91. The van der Waals surface area contributed by atoms with E-state index in [2.05, 4.69) is 41.0 Å². The topological polar surface area (TPSA) is 165 Å². The zero-order chi connectivity index (χ0) is 32.8. The van der Waals surface area contributed by atoms with E-state index >= 15 is 0 Å². The van der Waals surface area contributed by atoms with Crippen molar-refractivity contribution in [2.75, 3.05) is 58.4 Å². The van der Waals surface area contributed by atoms with Crippen LogP contribution >= 0.6 is 22.7 Å². The molecule has 16 heteroatoms. The molecule has 1 amide bonds. The van der Waals surface area contributed by atoms with E-state index in [1.807, 2.05) is 12.1 Å². The van der Waals surface area contributed by atoms with Crippen molar-refractivity contribution in [3.8, 4) is 11.5 Å². The van der Waals surface area contributed by atoms with Gasteiger partial charge in [0.15, 0.2) is 0 Å². The molecule has 14 nitrogen and oxygen atoms in total. The highest BCUT2D eigenvalue weighted by molar-refractivity contribution is 7.15. The van der Waals surface area contributed by atoms with Gasteiger partial charge in [-0.1, -0.05) is 29.1 Å². The van der Waals surface area contributed by atoms with Gasteiger partial charge in [0.1, 0.15) is 41.0 Å². The summed E-state index contributed by atoms with van der Waals surface area (Å²) in [4.78, 5) is 21.5.